The number of likely N-dealkylation sites (tertiary alicyclic amines) is 1. The SMILES string of the molecule is CCCCCCCN(C(=O)NCCC)C(=O)Oc1ccc2c(c1)[C@]1(C)CCN(C)[C@@H]1N2C. The van der Waals surface area contributed by atoms with Crippen LogP contribution in [0.1, 0.15) is 71.3 Å². The third kappa shape index (κ3) is 4.87. The van der Waals surface area contributed by atoms with E-state index in [0.29, 0.717) is 25.0 Å². The number of fused-ring (bicyclic) bond motifs is 3. The van der Waals surface area contributed by atoms with Crippen molar-refractivity contribution in [2.75, 3.05) is 38.6 Å². The summed E-state index contributed by atoms with van der Waals surface area (Å²) in [5, 5.41) is 2.81. The fraction of sp³-hybridized carbons (Fsp3) is 0.680. The molecule has 1 fully saturated rings. The molecule has 2 aliphatic rings. The van der Waals surface area contributed by atoms with Crippen LogP contribution in [0.3, 0.4) is 0 Å². The molecule has 32 heavy (non-hydrogen) atoms. The fourth-order valence-corrected chi connectivity index (χ4v) is 5.25. The maximum Gasteiger partial charge on any atom is 0.423 e. The first-order valence-corrected chi connectivity index (χ1v) is 12.2. The van der Waals surface area contributed by atoms with Crippen LogP contribution in [0.2, 0.25) is 0 Å². The Labute approximate surface area is 193 Å². The molecule has 178 valence electrons. The van der Waals surface area contributed by atoms with Crippen molar-refractivity contribution in [3.8, 4) is 5.75 Å². The molecule has 0 unspecified atom stereocenters. The summed E-state index contributed by atoms with van der Waals surface area (Å²) >= 11 is 0. The van der Waals surface area contributed by atoms with E-state index < -0.39 is 6.09 Å². The van der Waals surface area contributed by atoms with Gasteiger partial charge in [0, 0.05) is 37.8 Å². The van der Waals surface area contributed by atoms with Gasteiger partial charge < -0.3 is 15.0 Å². The summed E-state index contributed by atoms with van der Waals surface area (Å²) in [5.74, 6) is 0.498. The van der Waals surface area contributed by atoms with Gasteiger partial charge in [0.1, 0.15) is 5.75 Å². The molecule has 2 heterocycles. The summed E-state index contributed by atoms with van der Waals surface area (Å²) in [6, 6.07) is 5.48. The maximum absolute atomic E-state index is 13.0. The quantitative estimate of drug-likeness (QED) is 0.546. The molecule has 2 aliphatic heterocycles. The van der Waals surface area contributed by atoms with Gasteiger partial charge in [0.05, 0.1) is 6.17 Å². The Bertz CT molecular complexity index is 814. The molecule has 0 aliphatic carbocycles. The van der Waals surface area contributed by atoms with Crippen molar-refractivity contribution in [3.63, 3.8) is 0 Å². The average molecular weight is 445 g/mol. The minimum Gasteiger partial charge on any atom is -0.410 e. The van der Waals surface area contributed by atoms with E-state index in [1.807, 2.05) is 25.1 Å². The second-order valence-electron chi connectivity index (χ2n) is 9.48. The summed E-state index contributed by atoms with van der Waals surface area (Å²) in [4.78, 5) is 31.5. The number of rotatable bonds is 9. The second-order valence-corrected chi connectivity index (χ2v) is 9.48. The maximum atomic E-state index is 13.0. The van der Waals surface area contributed by atoms with Crippen molar-refractivity contribution in [1.82, 2.24) is 15.1 Å². The Morgan fingerprint density at radius 3 is 2.62 bits per heavy atom. The highest BCUT2D eigenvalue weighted by molar-refractivity contribution is 5.91. The number of hydrogen-bond donors (Lipinski definition) is 1. The van der Waals surface area contributed by atoms with Crippen LogP contribution in [0, 0.1) is 0 Å². The predicted molar refractivity (Wildman–Crippen MR) is 128 cm³/mol. The Hall–Kier alpha value is -2.28. The van der Waals surface area contributed by atoms with Gasteiger partial charge in [-0.2, -0.15) is 0 Å². The van der Waals surface area contributed by atoms with Crippen LogP contribution >= 0.6 is 0 Å². The summed E-state index contributed by atoms with van der Waals surface area (Å²) < 4.78 is 5.73. The highest BCUT2D eigenvalue weighted by Crippen LogP contribution is 2.51. The lowest BCUT2D eigenvalue weighted by Crippen LogP contribution is -2.46. The van der Waals surface area contributed by atoms with Gasteiger partial charge in [-0.1, -0.05) is 46.5 Å². The molecule has 0 aromatic heterocycles. The second kappa shape index (κ2) is 10.6. The van der Waals surface area contributed by atoms with E-state index in [0.717, 1.165) is 45.1 Å². The number of likely N-dealkylation sites (N-methyl/N-ethyl adjacent to an activating group) is 2. The van der Waals surface area contributed by atoms with E-state index in [4.69, 9.17) is 4.74 Å². The van der Waals surface area contributed by atoms with Gasteiger partial charge in [-0.3, -0.25) is 4.90 Å². The molecule has 7 nitrogen and oxygen atoms in total. The van der Waals surface area contributed by atoms with Crippen LogP contribution in [0.15, 0.2) is 18.2 Å². The first kappa shape index (κ1) is 24.4. The molecule has 3 amide bonds. The third-order valence-electron chi connectivity index (χ3n) is 6.98. The lowest BCUT2D eigenvalue weighted by atomic mass is 9.81. The number of imide groups is 1. The topological polar surface area (TPSA) is 65.1 Å². The van der Waals surface area contributed by atoms with Gasteiger partial charge >= 0.3 is 12.1 Å². The summed E-state index contributed by atoms with van der Waals surface area (Å²) in [6.07, 6.45) is 6.81. The van der Waals surface area contributed by atoms with E-state index in [-0.39, 0.29) is 11.4 Å². The first-order valence-electron chi connectivity index (χ1n) is 12.2. The molecule has 1 aromatic carbocycles. The smallest absolute Gasteiger partial charge is 0.410 e. The Morgan fingerprint density at radius 1 is 1.16 bits per heavy atom. The van der Waals surface area contributed by atoms with E-state index >= 15 is 0 Å². The molecule has 1 saturated heterocycles. The highest BCUT2D eigenvalue weighted by atomic mass is 16.6. The zero-order chi connectivity index (χ0) is 23.3. The third-order valence-corrected chi connectivity index (χ3v) is 6.98. The lowest BCUT2D eigenvalue weighted by Gasteiger charge is -2.32. The highest BCUT2D eigenvalue weighted by Gasteiger charge is 2.52. The van der Waals surface area contributed by atoms with Crippen LogP contribution in [0.25, 0.3) is 0 Å². The van der Waals surface area contributed by atoms with Crippen LogP contribution in [0.5, 0.6) is 5.75 Å². The lowest BCUT2D eigenvalue weighted by molar-refractivity contribution is 0.152. The fourth-order valence-electron chi connectivity index (χ4n) is 5.25. The van der Waals surface area contributed by atoms with Crippen molar-refractivity contribution in [1.29, 1.82) is 0 Å². The van der Waals surface area contributed by atoms with Crippen LogP contribution in [0.4, 0.5) is 15.3 Å². The zero-order valence-electron chi connectivity index (χ0n) is 20.4. The molecule has 0 radical (unpaired) electrons. The number of amides is 3. The Balaban J connectivity index is 1.72. The largest absolute Gasteiger partial charge is 0.423 e. The number of nitrogens with one attached hydrogen (secondary N) is 1. The van der Waals surface area contributed by atoms with Gasteiger partial charge in [-0.05, 0) is 50.1 Å². The van der Waals surface area contributed by atoms with Gasteiger partial charge in [0.25, 0.3) is 0 Å². The minimum absolute atomic E-state index is 0.00127. The summed E-state index contributed by atoms with van der Waals surface area (Å²) in [6.45, 7) is 8.40. The number of carbonyl (C=O) groups excluding carboxylic acids is 2. The van der Waals surface area contributed by atoms with Gasteiger partial charge in [0.15, 0.2) is 0 Å². The van der Waals surface area contributed by atoms with Crippen molar-refractivity contribution in [2.24, 2.45) is 0 Å². The number of benzene rings is 1. The van der Waals surface area contributed by atoms with E-state index in [9.17, 15) is 9.59 Å². The molecule has 1 aromatic rings. The van der Waals surface area contributed by atoms with Crippen LogP contribution in [-0.2, 0) is 5.41 Å². The Morgan fingerprint density at radius 2 is 1.91 bits per heavy atom. The van der Waals surface area contributed by atoms with Crippen LogP contribution < -0.4 is 15.0 Å². The van der Waals surface area contributed by atoms with E-state index in [1.54, 1.807) is 0 Å². The van der Waals surface area contributed by atoms with Gasteiger partial charge in [-0.15, -0.1) is 0 Å². The molecular weight excluding hydrogens is 404 g/mol. The number of ether oxygens (including phenoxy) is 1. The van der Waals surface area contributed by atoms with Crippen LogP contribution in [-0.4, -0.2) is 61.8 Å². The molecule has 1 N–H and O–H groups in total. The zero-order valence-corrected chi connectivity index (χ0v) is 20.4. The monoisotopic (exact) mass is 444 g/mol. The number of anilines is 1. The molecule has 0 bridgehead atoms. The predicted octanol–water partition coefficient (Wildman–Crippen LogP) is 4.95. The van der Waals surface area contributed by atoms with Crippen molar-refractivity contribution < 1.29 is 14.3 Å². The molecule has 7 heteroatoms. The molecule has 0 saturated carbocycles. The molecular formula is C25H40N4O3. The standard InChI is InChI=1S/C25H40N4O3/c1-6-8-9-10-11-16-29(23(30)26-15-7-2)24(31)32-19-12-13-21-20(18-19)25(3)14-17-27(4)22(25)28(21)5/h12-13,18,22H,6-11,14-17H2,1-5H3,(H,26,30)/t22-,25+/m1/s1. The van der Waals surface area contributed by atoms with E-state index in [1.165, 1.54) is 22.6 Å². The Kier molecular flexibility index (Phi) is 8.04. The number of carbonyl (C=O) groups is 2. The van der Waals surface area contributed by atoms with Crippen molar-refractivity contribution >= 4 is 17.8 Å². The number of urea groups is 1. The first-order chi connectivity index (χ1) is 15.3. The molecule has 3 rings (SSSR count). The molecule has 0 spiro atoms. The van der Waals surface area contributed by atoms with E-state index in [2.05, 4.69) is 43.1 Å². The normalized spacial score (nSPS) is 21.9. The number of nitrogens with zero attached hydrogens (tertiary/aromatic N) is 3. The number of hydrogen-bond acceptors (Lipinski definition) is 5. The summed E-state index contributed by atoms with van der Waals surface area (Å²) in [7, 11) is 4.28. The number of unbranched alkanes of at least 4 members (excludes halogenated alkanes) is 4. The van der Waals surface area contributed by atoms with Crippen molar-refractivity contribution in [3.05, 3.63) is 23.8 Å². The molecule has 2 atom stereocenters. The van der Waals surface area contributed by atoms with Crippen molar-refractivity contribution in [2.45, 2.75) is 77.3 Å². The summed E-state index contributed by atoms with van der Waals surface area (Å²) in [5.41, 5.74) is 2.39. The van der Waals surface area contributed by atoms with Gasteiger partial charge in [-0.25, -0.2) is 14.5 Å². The minimum atomic E-state index is -0.606. The van der Waals surface area contributed by atoms with Gasteiger partial charge in [0.2, 0.25) is 0 Å². The average Bonchev–Trinajstić information content (AvgIpc) is 3.19.